The highest BCUT2D eigenvalue weighted by Gasteiger charge is 2.40. The number of amides is 1. The fraction of sp³-hybridized carbons (Fsp3) is 0.611. The summed E-state index contributed by atoms with van der Waals surface area (Å²) in [5.74, 6) is 3.85. The van der Waals surface area contributed by atoms with Gasteiger partial charge in [0.1, 0.15) is 0 Å². The summed E-state index contributed by atoms with van der Waals surface area (Å²) in [5, 5.41) is 2.97. The predicted molar refractivity (Wildman–Crippen MR) is 88.3 cm³/mol. The van der Waals surface area contributed by atoms with Gasteiger partial charge in [-0.05, 0) is 37.0 Å². The van der Waals surface area contributed by atoms with Gasteiger partial charge in [-0.3, -0.25) is 4.79 Å². The number of hydrogen-bond donors (Lipinski definition) is 1. The number of methoxy groups -OCH3 is 3. The zero-order chi connectivity index (χ0) is 16.4. The van der Waals surface area contributed by atoms with Crippen LogP contribution in [0.1, 0.15) is 32.1 Å². The third kappa shape index (κ3) is 3.23. The van der Waals surface area contributed by atoms with E-state index in [9.17, 15) is 4.79 Å². The van der Waals surface area contributed by atoms with Crippen LogP contribution in [0.5, 0.6) is 17.2 Å². The monoisotopic (exact) mass is 319 g/mol. The van der Waals surface area contributed by atoms with E-state index in [2.05, 4.69) is 5.32 Å². The molecular weight excluding hydrogens is 294 g/mol. The molecule has 0 unspecified atom stereocenters. The maximum Gasteiger partial charge on any atom is 0.224 e. The van der Waals surface area contributed by atoms with Gasteiger partial charge in [-0.1, -0.05) is 6.42 Å². The lowest BCUT2D eigenvalue weighted by atomic mass is 9.86. The molecule has 0 heterocycles. The predicted octanol–water partition coefficient (Wildman–Crippen LogP) is 3.48. The van der Waals surface area contributed by atoms with Crippen molar-refractivity contribution in [3.8, 4) is 17.2 Å². The second-order valence-corrected chi connectivity index (χ2v) is 6.60. The molecule has 2 aliphatic rings. The van der Waals surface area contributed by atoms with Crippen LogP contribution >= 0.6 is 0 Å². The second-order valence-electron chi connectivity index (χ2n) is 6.60. The molecule has 1 aromatic carbocycles. The lowest BCUT2D eigenvalue weighted by Gasteiger charge is -2.21. The lowest BCUT2D eigenvalue weighted by Crippen LogP contribution is -2.20. The van der Waals surface area contributed by atoms with E-state index in [1.54, 1.807) is 33.5 Å². The molecule has 1 aromatic rings. The first-order valence-electron chi connectivity index (χ1n) is 8.24. The number of anilines is 1. The Kier molecular flexibility index (Phi) is 4.64. The summed E-state index contributed by atoms with van der Waals surface area (Å²) in [6, 6.07) is 3.53. The molecule has 2 bridgehead atoms. The normalized spacial score (nSPS) is 25.3. The van der Waals surface area contributed by atoms with Gasteiger partial charge >= 0.3 is 0 Å². The van der Waals surface area contributed by atoms with E-state index in [0.717, 1.165) is 11.8 Å². The number of carbonyl (C=O) groups is 1. The Morgan fingerprint density at radius 1 is 1.09 bits per heavy atom. The third-order valence-electron chi connectivity index (χ3n) is 5.28. The number of carbonyl (C=O) groups excluding carboxylic acids is 1. The van der Waals surface area contributed by atoms with Crippen molar-refractivity contribution < 1.29 is 19.0 Å². The minimum Gasteiger partial charge on any atom is -0.493 e. The molecule has 2 saturated carbocycles. The molecule has 126 valence electrons. The molecule has 2 aliphatic carbocycles. The van der Waals surface area contributed by atoms with Crippen LogP contribution in [0.4, 0.5) is 5.69 Å². The van der Waals surface area contributed by atoms with Crippen LogP contribution < -0.4 is 19.5 Å². The third-order valence-corrected chi connectivity index (χ3v) is 5.28. The zero-order valence-corrected chi connectivity index (χ0v) is 14.1. The fourth-order valence-electron chi connectivity index (χ4n) is 4.23. The van der Waals surface area contributed by atoms with Crippen molar-refractivity contribution in [3.63, 3.8) is 0 Å². The molecule has 1 N–H and O–H groups in total. The van der Waals surface area contributed by atoms with Gasteiger partial charge in [0.2, 0.25) is 11.7 Å². The van der Waals surface area contributed by atoms with Gasteiger partial charge in [-0.25, -0.2) is 0 Å². The number of benzene rings is 1. The number of nitrogens with one attached hydrogen (secondary N) is 1. The maximum atomic E-state index is 12.4. The molecule has 0 aliphatic heterocycles. The first-order valence-corrected chi connectivity index (χ1v) is 8.24. The van der Waals surface area contributed by atoms with Crippen LogP contribution in [0, 0.1) is 17.8 Å². The molecule has 0 aromatic heterocycles. The largest absolute Gasteiger partial charge is 0.493 e. The van der Waals surface area contributed by atoms with E-state index >= 15 is 0 Å². The number of ether oxygens (including phenoxy) is 3. The molecule has 0 radical (unpaired) electrons. The SMILES string of the molecule is COc1cc(NC(=O)C[C@@H]2C[C@H]3CC[C@@H]2C3)cc(OC)c1OC. The molecular formula is C18H25NO4. The van der Waals surface area contributed by atoms with Crippen LogP contribution in [0.25, 0.3) is 0 Å². The van der Waals surface area contributed by atoms with Crippen molar-refractivity contribution in [2.75, 3.05) is 26.6 Å². The van der Waals surface area contributed by atoms with Gasteiger partial charge in [0.25, 0.3) is 0 Å². The summed E-state index contributed by atoms with van der Waals surface area (Å²) in [4.78, 5) is 12.4. The highest BCUT2D eigenvalue weighted by Crippen LogP contribution is 2.49. The minimum atomic E-state index is 0.0665. The van der Waals surface area contributed by atoms with E-state index in [0.29, 0.717) is 35.3 Å². The Labute approximate surface area is 137 Å². The van der Waals surface area contributed by atoms with Crippen LogP contribution in [0.3, 0.4) is 0 Å². The summed E-state index contributed by atoms with van der Waals surface area (Å²) in [6.07, 6.45) is 5.80. The molecule has 5 nitrogen and oxygen atoms in total. The highest BCUT2D eigenvalue weighted by molar-refractivity contribution is 5.91. The van der Waals surface area contributed by atoms with E-state index in [1.807, 2.05) is 0 Å². The van der Waals surface area contributed by atoms with Crippen molar-refractivity contribution in [1.29, 1.82) is 0 Å². The lowest BCUT2D eigenvalue weighted by molar-refractivity contribution is -0.117. The molecule has 0 saturated heterocycles. The van der Waals surface area contributed by atoms with Crippen LogP contribution in [-0.2, 0) is 4.79 Å². The van der Waals surface area contributed by atoms with Crippen molar-refractivity contribution in [2.24, 2.45) is 17.8 Å². The summed E-state index contributed by atoms with van der Waals surface area (Å²) >= 11 is 0. The zero-order valence-electron chi connectivity index (χ0n) is 14.1. The van der Waals surface area contributed by atoms with Gasteiger partial charge in [0, 0.05) is 24.2 Å². The van der Waals surface area contributed by atoms with Crippen LogP contribution in [0.2, 0.25) is 0 Å². The molecule has 1 amide bonds. The standard InChI is InChI=1S/C18H25NO4/c1-21-15-9-14(10-16(22-2)18(15)23-3)19-17(20)8-13-7-11-4-5-12(13)6-11/h9-13H,4-8H2,1-3H3,(H,19,20)/t11-,12+,13-/m0/s1. The number of fused-ring (bicyclic) bond motifs is 2. The first-order chi connectivity index (χ1) is 11.1. The average molecular weight is 319 g/mol. The molecule has 5 heteroatoms. The van der Waals surface area contributed by atoms with E-state index in [1.165, 1.54) is 25.7 Å². The first kappa shape index (κ1) is 16.0. The second kappa shape index (κ2) is 6.69. The Morgan fingerprint density at radius 2 is 1.78 bits per heavy atom. The fourth-order valence-corrected chi connectivity index (χ4v) is 4.23. The summed E-state index contributed by atoms with van der Waals surface area (Å²) in [7, 11) is 4.70. The summed E-state index contributed by atoms with van der Waals surface area (Å²) in [6.45, 7) is 0. The van der Waals surface area contributed by atoms with E-state index in [4.69, 9.17) is 14.2 Å². The van der Waals surface area contributed by atoms with Gasteiger partial charge in [-0.15, -0.1) is 0 Å². The van der Waals surface area contributed by atoms with Crippen LogP contribution in [0.15, 0.2) is 12.1 Å². The van der Waals surface area contributed by atoms with Gasteiger partial charge in [-0.2, -0.15) is 0 Å². The molecule has 23 heavy (non-hydrogen) atoms. The molecule has 3 atom stereocenters. The summed E-state index contributed by atoms with van der Waals surface area (Å²) in [5.41, 5.74) is 0.674. The summed E-state index contributed by atoms with van der Waals surface area (Å²) < 4.78 is 15.9. The molecule has 3 rings (SSSR count). The molecule has 0 spiro atoms. The van der Waals surface area contributed by atoms with Gasteiger partial charge in [0.05, 0.1) is 21.3 Å². The average Bonchev–Trinajstić information content (AvgIpc) is 3.16. The van der Waals surface area contributed by atoms with Crippen molar-refractivity contribution >= 4 is 11.6 Å². The smallest absolute Gasteiger partial charge is 0.224 e. The highest BCUT2D eigenvalue weighted by atomic mass is 16.5. The number of hydrogen-bond acceptors (Lipinski definition) is 4. The quantitative estimate of drug-likeness (QED) is 0.872. The Morgan fingerprint density at radius 3 is 2.26 bits per heavy atom. The van der Waals surface area contributed by atoms with Gasteiger partial charge in [0.15, 0.2) is 11.5 Å². The Balaban J connectivity index is 1.68. The van der Waals surface area contributed by atoms with Gasteiger partial charge < -0.3 is 19.5 Å². The Bertz CT molecular complexity index is 561. The Hall–Kier alpha value is -1.91. The van der Waals surface area contributed by atoms with Crippen molar-refractivity contribution in [2.45, 2.75) is 32.1 Å². The van der Waals surface area contributed by atoms with Crippen molar-refractivity contribution in [1.82, 2.24) is 0 Å². The number of rotatable bonds is 6. The van der Waals surface area contributed by atoms with Crippen LogP contribution in [-0.4, -0.2) is 27.2 Å². The minimum absolute atomic E-state index is 0.0665. The van der Waals surface area contributed by atoms with E-state index in [-0.39, 0.29) is 5.91 Å². The van der Waals surface area contributed by atoms with E-state index < -0.39 is 0 Å². The van der Waals surface area contributed by atoms with Crippen molar-refractivity contribution in [3.05, 3.63) is 12.1 Å². The maximum absolute atomic E-state index is 12.4. The topological polar surface area (TPSA) is 56.8 Å². The molecule has 2 fully saturated rings.